The van der Waals surface area contributed by atoms with Crippen LogP contribution in [-0.4, -0.2) is 16.7 Å². The third-order valence-electron chi connectivity index (χ3n) is 5.72. The molecule has 4 rings (SSSR count). The van der Waals surface area contributed by atoms with Crippen LogP contribution < -0.4 is 0 Å². The Morgan fingerprint density at radius 2 is 1.05 bits per heavy atom. The van der Waals surface area contributed by atoms with Gasteiger partial charge in [-0.2, -0.15) is 0 Å². The average molecular weight is 681 g/mol. The van der Waals surface area contributed by atoms with Crippen LogP contribution >= 0.6 is 47.8 Å². The predicted molar refractivity (Wildman–Crippen MR) is 161 cm³/mol. The van der Waals surface area contributed by atoms with Crippen molar-refractivity contribution in [1.82, 2.24) is 0 Å². The Balaban J connectivity index is 1.83. The Morgan fingerprint density at radius 1 is 0.649 bits per heavy atom. The number of hydrogen-bond acceptors (Lipinski definition) is 3. The Labute approximate surface area is 240 Å². The number of phenols is 1. The Hall–Kier alpha value is -3.06. The number of carbonyl (C=O) groups is 2. The molecular formula is C31H21Br3O3. The van der Waals surface area contributed by atoms with Crippen molar-refractivity contribution in [3.63, 3.8) is 0 Å². The molecule has 0 amide bonds. The van der Waals surface area contributed by atoms with E-state index < -0.39 is 5.78 Å². The zero-order valence-corrected chi connectivity index (χ0v) is 24.5. The van der Waals surface area contributed by atoms with Gasteiger partial charge in [0.25, 0.3) is 0 Å². The molecule has 184 valence electrons. The molecule has 4 aromatic rings. The molecular weight excluding hydrogens is 660 g/mol. The monoisotopic (exact) mass is 678 g/mol. The van der Waals surface area contributed by atoms with E-state index in [1.54, 1.807) is 19.1 Å². The predicted octanol–water partition coefficient (Wildman–Crippen LogP) is 9.45. The number of hydrogen-bond donors (Lipinski definition) is 1. The summed E-state index contributed by atoms with van der Waals surface area (Å²) in [6.07, 6.45) is 6.34. The molecule has 0 saturated heterocycles. The first-order valence-electron chi connectivity index (χ1n) is 11.3. The number of halogens is 3. The lowest BCUT2D eigenvalue weighted by atomic mass is 9.86. The molecule has 0 spiro atoms. The van der Waals surface area contributed by atoms with Crippen LogP contribution in [0.5, 0.6) is 5.75 Å². The molecule has 0 fully saturated rings. The quantitative estimate of drug-likeness (QED) is 0.156. The van der Waals surface area contributed by atoms with Gasteiger partial charge in [0.1, 0.15) is 5.75 Å². The van der Waals surface area contributed by atoms with E-state index in [0.29, 0.717) is 22.3 Å². The van der Waals surface area contributed by atoms with Gasteiger partial charge in [-0.3, -0.25) is 9.59 Å². The van der Waals surface area contributed by atoms with Crippen molar-refractivity contribution in [3.8, 4) is 16.9 Å². The summed E-state index contributed by atoms with van der Waals surface area (Å²) >= 11 is 10.3. The van der Waals surface area contributed by atoms with Crippen molar-refractivity contribution < 1.29 is 14.7 Å². The lowest BCUT2D eigenvalue weighted by Crippen LogP contribution is -2.08. The van der Waals surface area contributed by atoms with E-state index in [2.05, 4.69) is 47.8 Å². The van der Waals surface area contributed by atoms with Crippen molar-refractivity contribution in [2.75, 3.05) is 0 Å². The standard InChI is InChI=1S/C31H21Br3O3/c1-19-18-28(37)31(27(36)17-7-21-4-12-24(33)13-5-21)30(22-8-14-25(34)15-9-22)29(19)26(35)16-6-20-2-10-23(32)11-3-20/h2-18,37H,1H3/b16-6+,17-7+. The van der Waals surface area contributed by atoms with Crippen LogP contribution in [-0.2, 0) is 0 Å². The van der Waals surface area contributed by atoms with Gasteiger partial charge in [0.05, 0.1) is 5.56 Å². The van der Waals surface area contributed by atoms with Crippen molar-refractivity contribution in [3.05, 3.63) is 132 Å². The second-order valence-corrected chi connectivity index (χ2v) is 11.1. The van der Waals surface area contributed by atoms with Gasteiger partial charge in [0.2, 0.25) is 0 Å². The number of phenolic OH excluding ortho intramolecular Hbond substituents is 1. The largest absolute Gasteiger partial charge is 0.507 e. The molecule has 0 heterocycles. The van der Waals surface area contributed by atoms with Crippen LogP contribution in [0, 0.1) is 6.92 Å². The van der Waals surface area contributed by atoms with Gasteiger partial charge in [-0.15, -0.1) is 0 Å². The first kappa shape index (κ1) is 27.0. The van der Waals surface area contributed by atoms with Gasteiger partial charge < -0.3 is 5.11 Å². The third-order valence-corrected chi connectivity index (χ3v) is 7.31. The smallest absolute Gasteiger partial charge is 0.190 e. The summed E-state index contributed by atoms with van der Waals surface area (Å²) in [5, 5.41) is 10.9. The maximum absolute atomic E-state index is 13.5. The van der Waals surface area contributed by atoms with E-state index in [1.165, 1.54) is 18.2 Å². The summed E-state index contributed by atoms with van der Waals surface area (Å²) in [4.78, 5) is 27.0. The highest BCUT2D eigenvalue weighted by molar-refractivity contribution is 9.11. The number of rotatable bonds is 7. The van der Waals surface area contributed by atoms with Crippen LogP contribution in [0.1, 0.15) is 37.4 Å². The first-order chi connectivity index (χ1) is 17.7. The van der Waals surface area contributed by atoms with Crippen LogP contribution in [0.2, 0.25) is 0 Å². The lowest BCUT2D eigenvalue weighted by Gasteiger charge is -2.17. The maximum atomic E-state index is 13.5. The lowest BCUT2D eigenvalue weighted by molar-refractivity contribution is 0.104. The number of benzene rings is 4. The summed E-state index contributed by atoms with van der Waals surface area (Å²) < 4.78 is 2.74. The molecule has 3 nitrogen and oxygen atoms in total. The molecule has 1 N–H and O–H groups in total. The normalized spacial score (nSPS) is 11.4. The van der Waals surface area contributed by atoms with E-state index in [1.807, 2.05) is 72.8 Å². The fourth-order valence-electron chi connectivity index (χ4n) is 3.93. The van der Waals surface area contributed by atoms with E-state index in [0.717, 1.165) is 24.5 Å². The van der Waals surface area contributed by atoms with Gasteiger partial charge in [0.15, 0.2) is 11.6 Å². The van der Waals surface area contributed by atoms with Crippen LogP contribution in [0.3, 0.4) is 0 Å². The minimum atomic E-state index is -0.399. The maximum Gasteiger partial charge on any atom is 0.190 e. The first-order valence-corrected chi connectivity index (χ1v) is 13.7. The molecule has 0 saturated carbocycles. The molecule has 0 aromatic heterocycles. The van der Waals surface area contributed by atoms with Crippen molar-refractivity contribution in [2.45, 2.75) is 6.92 Å². The van der Waals surface area contributed by atoms with Gasteiger partial charge in [-0.05, 0) is 83.8 Å². The minimum Gasteiger partial charge on any atom is -0.507 e. The van der Waals surface area contributed by atoms with Gasteiger partial charge in [0, 0.05) is 24.5 Å². The molecule has 0 atom stereocenters. The highest BCUT2D eigenvalue weighted by Crippen LogP contribution is 2.38. The summed E-state index contributed by atoms with van der Waals surface area (Å²) in [5.74, 6) is -0.831. The molecule has 4 aromatic carbocycles. The molecule has 0 aliphatic heterocycles. The molecule has 0 aliphatic rings. The average Bonchev–Trinajstić information content (AvgIpc) is 2.88. The van der Waals surface area contributed by atoms with Gasteiger partial charge >= 0.3 is 0 Å². The number of allylic oxidation sites excluding steroid dienone is 2. The van der Waals surface area contributed by atoms with Crippen molar-refractivity contribution >= 4 is 71.5 Å². The SMILES string of the molecule is Cc1cc(O)c(C(=O)/C=C/c2ccc(Br)cc2)c(-c2ccc(Br)cc2)c1C(=O)/C=C/c1ccc(Br)cc1. The summed E-state index contributed by atoms with van der Waals surface area (Å²) in [7, 11) is 0. The van der Waals surface area contributed by atoms with Gasteiger partial charge in [-0.1, -0.05) is 96.3 Å². The third kappa shape index (κ3) is 6.63. The summed E-state index contributed by atoms with van der Waals surface area (Å²) in [6, 6.07) is 23.9. The Bertz CT molecular complexity index is 1420. The van der Waals surface area contributed by atoms with Crippen molar-refractivity contribution in [2.24, 2.45) is 0 Å². The Morgan fingerprint density at radius 3 is 1.51 bits per heavy atom. The summed E-state index contributed by atoms with van der Waals surface area (Å²) in [5.41, 5.74) is 3.79. The molecule has 0 bridgehead atoms. The number of aromatic hydroxyl groups is 1. The van der Waals surface area contributed by atoms with E-state index in [4.69, 9.17) is 0 Å². The molecule has 0 radical (unpaired) electrons. The molecule has 0 unspecified atom stereocenters. The number of ketones is 2. The fraction of sp³-hybridized carbons (Fsp3) is 0.0323. The summed E-state index contributed by atoms with van der Waals surface area (Å²) in [6.45, 7) is 1.76. The van der Waals surface area contributed by atoms with Crippen LogP contribution in [0.25, 0.3) is 23.3 Å². The zero-order chi connectivity index (χ0) is 26.5. The zero-order valence-electron chi connectivity index (χ0n) is 19.7. The van der Waals surface area contributed by atoms with Crippen LogP contribution in [0.4, 0.5) is 0 Å². The number of aryl methyl sites for hydroxylation is 1. The highest BCUT2D eigenvalue weighted by Gasteiger charge is 2.24. The molecule has 0 aliphatic carbocycles. The van der Waals surface area contributed by atoms with E-state index in [9.17, 15) is 14.7 Å². The molecule has 6 heteroatoms. The van der Waals surface area contributed by atoms with E-state index in [-0.39, 0.29) is 17.1 Å². The van der Waals surface area contributed by atoms with Crippen molar-refractivity contribution in [1.29, 1.82) is 0 Å². The number of carbonyl (C=O) groups excluding carboxylic acids is 2. The fourth-order valence-corrected chi connectivity index (χ4v) is 4.72. The second-order valence-electron chi connectivity index (χ2n) is 8.34. The van der Waals surface area contributed by atoms with E-state index >= 15 is 0 Å². The minimum absolute atomic E-state index is 0.0849. The second kappa shape index (κ2) is 12.0. The molecule has 37 heavy (non-hydrogen) atoms. The Kier molecular flexibility index (Phi) is 8.75. The van der Waals surface area contributed by atoms with Gasteiger partial charge in [-0.25, -0.2) is 0 Å². The topological polar surface area (TPSA) is 54.4 Å². The van der Waals surface area contributed by atoms with Crippen LogP contribution in [0.15, 0.2) is 104 Å². The highest BCUT2D eigenvalue weighted by atomic mass is 79.9.